The van der Waals surface area contributed by atoms with E-state index in [0.29, 0.717) is 19.5 Å². The lowest BCUT2D eigenvalue weighted by Gasteiger charge is -2.32. The number of carbonyl (C=O) groups is 2. The van der Waals surface area contributed by atoms with E-state index in [-0.39, 0.29) is 36.6 Å². The third-order valence-electron chi connectivity index (χ3n) is 4.95. The zero-order valence-electron chi connectivity index (χ0n) is 15.2. The number of halogens is 1. The molecule has 0 unspecified atom stereocenters. The number of quaternary nitrogens is 1. The van der Waals surface area contributed by atoms with Crippen LogP contribution < -0.4 is 10.2 Å². The molecule has 8 nitrogen and oxygen atoms in total. The molecule has 27 heavy (non-hydrogen) atoms. The Hall–Kier alpha value is -2.04. The lowest BCUT2D eigenvalue weighted by atomic mass is 10.2. The Bertz CT molecular complexity index is 807. The van der Waals surface area contributed by atoms with Crippen LogP contribution in [0.1, 0.15) is 19.8 Å². The zero-order valence-corrected chi connectivity index (χ0v) is 16.0. The van der Waals surface area contributed by atoms with E-state index >= 15 is 0 Å². The molecule has 1 aromatic rings. The van der Waals surface area contributed by atoms with Gasteiger partial charge in [0.25, 0.3) is 5.91 Å². The Kier molecular flexibility index (Phi) is 5.78. The van der Waals surface area contributed by atoms with E-state index in [2.05, 4.69) is 5.32 Å². The fourth-order valence-electron chi connectivity index (χ4n) is 3.39. The van der Waals surface area contributed by atoms with Crippen molar-refractivity contribution in [2.75, 3.05) is 32.8 Å². The highest BCUT2D eigenvalue weighted by Gasteiger charge is 2.40. The Balaban J connectivity index is 1.58. The van der Waals surface area contributed by atoms with Gasteiger partial charge in [-0.3, -0.25) is 4.79 Å². The number of amides is 3. The van der Waals surface area contributed by atoms with Gasteiger partial charge in [-0.25, -0.2) is 22.5 Å². The summed E-state index contributed by atoms with van der Waals surface area (Å²) in [4.78, 5) is 26.6. The first-order chi connectivity index (χ1) is 12.8. The van der Waals surface area contributed by atoms with Crippen LogP contribution in [0, 0.1) is 5.82 Å². The van der Waals surface area contributed by atoms with Crippen molar-refractivity contribution in [2.24, 2.45) is 0 Å². The minimum atomic E-state index is -3.67. The molecule has 2 aliphatic heterocycles. The normalized spacial score (nSPS) is 22.3. The monoisotopic (exact) mass is 399 g/mol. The average molecular weight is 399 g/mol. The lowest BCUT2D eigenvalue weighted by molar-refractivity contribution is -0.910. The first-order valence-electron chi connectivity index (χ1n) is 9.04. The van der Waals surface area contributed by atoms with Crippen molar-refractivity contribution in [3.8, 4) is 0 Å². The van der Waals surface area contributed by atoms with E-state index < -0.39 is 21.9 Å². The summed E-state index contributed by atoms with van der Waals surface area (Å²) in [6.45, 7) is 3.70. The number of imide groups is 1. The van der Waals surface area contributed by atoms with E-state index in [0.717, 1.165) is 23.5 Å². The number of piperazine rings is 1. The number of urea groups is 1. The summed E-state index contributed by atoms with van der Waals surface area (Å²) in [5, 5.41) is 2.69. The standard InChI is InChI=1S/C17H23FN4O4S/c1-2-3-15-16(23)22(17(24)19-15)12-20-8-10-21(11-9-20)27(25,26)14-6-4-13(18)5-7-14/h4-7,15H,2-3,8-12H2,1H3,(H,19,24)/p+1/t15-/m0/s1. The molecule has 0 spiro atoms. The predicted octanol–water partition coefficient (Wildman–Crippen LogP) is -0.607. The molecule has 1 atom stereocenters. The molecule has 2 aliphatic rings. The van der Waals surface area contributed by atoms with Gasteiger partial charge in [-0.2, -0.15) is 4.31 Å². The van der Waals surface area contributed by atoms with Crippen molar-refractivity contribution in [1.82, 2.24) is 14.5 Å². The quantitative estimate of drug-likeness (QED) is 0.625. The number of rotatable bonds is 6. The van der Waals surface area contributed by atoms with Crippen LogP contribution in [0.25, 0.3) is 0 Å². The molecule has 2 saturated heterocycles. The molecule has 0 saturated carbocycles. The lowest BCUT2D eigenvalue weighted by Crippen LogP contribution is -3.16. The summed E-state index contributed by atoms with van der Waals surface area (Å²) in [6.07, 6.45) is 1.41. The van der Waals surface area contributed by atoms with Gasteiger partial charge in [0.1, 0.15) is 11.9 Å². The average Bonchev–Trinajstić information content (AvgIpc) is 2.90. The molecule has 2 fully saturated rings. The van der Waals surface area contributed by atoms with Gasteiger partial charge in [-0.15, -0.1) is 0 Å². The van der Waals surface area contributed by atoms with E-state index in [1.807, 2.05) is 6.92 Å². The maximum absolute atomic E-state index is 13.0. The smallest absolute Gasteiger partial charge is 0.326 e. The minimum Gasteiger partial charge on any atom is -0.326 e. The molecule has 3 amide bonds. The molecule has 2 heterocycles. The predicted molar refractivity (Wildman–Crippen MR) is 94.8 cm³/mol. The minimum absolute atomic E-state index is 0.0591. The van der Waals surface area contributed by atoms with Gasteiger partial charge in [0.15, 0.2) is 6.67 Å². The Morgan fingerprint density at radius 1 is 1.19 bits per heavy atom. The fraction of sp³-hybridized carbons (Fsp3) is 0.529. The number of nitrogens with one attached hydrogen (secondary N) is 2. The van der Waals surface area contributed by atoms with Crippen LogP contribution in [0.3, 0.4) is 0 Å². The third-order valence-corrected chi connectivity index (χ3v) is 6.86. The Morgan fingerprint density at radius 2 is 1.81 bits per heavy atom. The number of carbonyl (C=O) groups excluding carboxylic acids is 2. The van der Waals surface area contributed by atoms with Crippen LogP contribution in [0.5, 0.6) is 0 Å². The molecular weight excluding hydrogens is 375 g/mol. The highest BCUT2D eigenvalue weighted by molar-refractivity contribution is 7.89. The molecule has 0 radical (unpaired) electrons. The van der Waals surface area contributed by atoms with Crippen molar-refractivity contribution < 1.29 is 27.3 Å². The molecule has 1 aromatic carbocycles. The maximum Gasteiger partial charge on any atom is 0.329 e. The summed E-state index contributed by atoms with van der Waals surface area (Å²) >= 11 is 0. The van der Waals surface area contributed by atoms with E-state index in [4.69, 9.17) is 0 Å². The number of nitrogens with zero attached hydrogens (tertiary/aromatic N) is 2. The Labute approximate surface area is 158 Å². The number of benzene rings is 1. The summed E-state index contributed by atoms with van der Waals surface area (Å²) in [7, 11) is -3.67. The molecule has 0 aliphatic carbocycles. The fourth-order valence-corrected chi connectivity index (χ4v) is 4.83. The molecule has 2 N–H and O–H groups in total. The van der Waals surface area contributed by atoms with Crippen molar-refractivity contribution in [2.45, 2.75) is 30.7 Å². The highest BCUT2D eigenvalue weighted by atomic mass is 32.2. The van der Waals surface area contributed by atoms with Crippen LogP contribution in [-0.4, -0.2) is 68.5 Å². The van der Waals surface area contributed by atoms with Crippen LogP contribution >= 0.6 is 0 Å². The third kappa shape index (κ3) is 4.12. The van der Waals surface area contributed by atoms with E-state index in [1.54, 1.807) is 0 Å². The summed E-state index contributed by atoms with van der Waals surface area (Å²) in [6, 6.07) is 3.92. The zero-order chi connectivity index (χ0) is 19.6. The van der Waals surface area contributed by atoms with Crippen LogP contribution in [-0.2, 0) is 14.8 Å². The largest absolute Gasteiger partial charge is 0.329 e. The number of hydrogen-bond acceptors (Lipinski definition) is 4. The maximum atomic E-state index is 13.0. The second-order valence-corrected chi connectivity index (χ2v) is 8.76. The van der Waals surface area contributed by atoms with Crippen LogP contribution in [0.15, 0.2) is 29.2 Å². The van der Waals surface area contributed by atoms with Crippen molar-refractivity contribution in [1.29, 1.82) is 0 Å². The van der Waals surface area contributed by atoms with Gasteiger partial charge in [0.05, 0.1) is 31.1 Å². The summed E-state index contributed by atoms with van der Waals surface area (Å²) in [5.74, 6) is -0.700. The van der Waals surface area contributed by atoms with Crippen LogP contribution in [0.4, 0.5) is 9.18 Å². The van der Waals surface area contributed by atoms with Gasteiger partial charge in [0.2, 0.25) is 10.0 Å². The van der Waals surface area contributed by atoms with Gasteiger partial charge >= 0.3 is 6.03 Å². The number of hydrogen-bond donors (Lipinski definition) is 2. The van der Waals surface area contributed by atoms with Crippen molar-refractivity contribution in [3.63, 3.8) is 0 Å². The number of sulfonamides is 1. The molecule has 0 bridgehead atoms. The van der Waals surface area contributed by atoms with Gasteiger partial charge < -0.3 is 10.2 Å². The van der Waals surface area contributed by atoms with Crippen molar-refractivity contribution >= 4 is 22.0 Å². The van der Waals surface area contributed by atoms with E-state index in [9.17, 15) is 22.4 Å². The summed E-state index contributed by atoms with van der Waals surface area (Å²) < 4.78 is 39.6. The molecule has 0 aromatic heterocycles. The summed E-state index contributed by atoms with van der Waals surface area (Å²) in [5.41, 5.74) is 0. The Morgan fingerprint density at radius 3 is 2.41 bits per heavy atom. The van der Waals surface area contributed by atoms with Gasteiger partial charge in [-0.05, 0) is 30.7 Å². The molecule has 3 rings (SSSR count). The molecular formula is C17H24FN4O4S+. The first-order valence-corrected chi connectivity index (χ1v) is 10.5. The molecule has 148 valence electrons. The van der Waals surface area contributed by atoms with Gasteiger partial charge in [-0.1, -0.05) is 13.3 Å². The SMILES string of the molecule is CCC[C@@H]1NC(=O)N(C[NH+]2CCN(S(=O)(=O)c3ccc(F)cc3)CC2)C1=O. The first kappa shape index (κ1) is 19.7. The van der Waals surface area contributed by atoms with Gasteiger partial charge in [0, 0.05) is 0 Å². The van der Waals surface area contributed by atoms with E-state index in [1.165, 1.54) is 21.3 Å². The van der Waals surface area contributed by atoms with Crippen molar-refractivity contribution in [3.05, 3.63) is 30.1 Å². The topological polar surface area (TPSA) is 91.2 Å². The molecule has 10 heteroatoms. The second kappa shape index (κ2) is 7.91. The van der Waals surface area contributed by atoms with Crippen LogP contribution in [0.2, 0.25) is 0 Å². The second-order valence-electron chi connectivity index (χ2n) is 6.82. The highest BCUT2D eigenvalue weighted by Crippen LogP contribution is 2.16.